The fourth-order valence-corrected chi connectivity index (χ4v) is 1.50. The fraction of sp³-hybridized carbons (Fsp3) is 0.0833. The van der Waals surface area contributed by atoms with E-state index in [1.807, 2.05) is 13.0 Å². The lowest BCUT2D eigenvalue weighted by atomic mass is 10.2. The molecule has 2 aromatic rings. The summed E-state index contributed by atoms with van der Waals surface area (Å²) in [6, 6.07) is 8.24. The van der Waals surface area contributed by atoms with Crippen LogP contribution in [0.15, 0.2) is 36.5 Å². The largest absolute Gasteiger partial charge is 0.384 e. The molecular weight excluding hydrogens is 205 g/mol. The van der Waals surface area contributed by atoms with Gasteiger partial charge in [0.2, 0.25) is 0 Å². The van der Waals surface area contributed by atoms with Crippen LogP contribution in [0.1, 0.15) is 5.56 Å². The first-order valence-corrected chi connectivity index (χ1v) is 4.89. The molecule has 1 aromatic heterocycles. The Bertz CT molecular complexity index is 491. The van der Waals surface area contributed by atoms with E-state index in [2.05, 4.69) is 10.3 Å². The van der Waals surface area contributed by atoms with Gasteiger partial charge in [-0.1, -0.05) is 0 Å². The number of hydrogen-bond acceptors (Lipinski definition) is 3. The molecule has 1 aromatic carbocycles. The second-order valence-electron chi connectivity index (χ2n) is 3.61. The number of hydrogen-bond donors (Lipinski definition) is 2. The molecule has 0 saturated heterocycles. The molecule has 16 heavy (non-hydrogen) atoms. The quantitative estimate of drug-likeness (QED) is 0.813. The maximum atomic E-state index is 13.1. The second-order valence-corrected chi connectivity index (χ2v) is 3.61. The number of nitrogen functional groups attached to an aromatic ring is 1. The second kappa shape index (κ2) is 4.18. The number of nitrogens with two attached hydrogens (primary N) is 1. The van der Waals surface area contributed by atoms with Crippen molar-refractivity contribution in [2.24, 2.45) is 0 Å². The van der Waals surface area contributed by atoms with Gasteiger partial charge >= 0.3 is 0 Å². The zero-order valence-corrected chi connectivity index (χ0v) is 8.87. The van der Waals surface area contributed by atoms with Crippen LogP contribution in [-0.2, 0) is 0 Å². The van der Waals surface area contributed by atoms with Crippen LogP contribution in [0.25, 0.3) is 0 Å². The Morgan fingerprint density at radius 2 is 2.00 bits per heavy atom. The van der Waals surface area contributed by atoms with Crippen molar-refractivity contribution in [1.29, 1.82) is 0 Å². The van der Waals surface area contributed by atoms with Crippen molar-refractivity contribution < 1.29 is 4.39 Å². The monoisotopic (exact) mass is 217 g/mol. The Balaban J connectivity index is 2.27. The van der Waals surface area contributed by atoms with Crippen molar-refractivity contribution in [3.8, 4) is 0 Å². The molecule has 0 unspecified atom stereocenters. The number of nitrogens with one attached hydrogen (secondary N) is 1. The highest BCUT2D eigenvalue weighted by atomic mass is 19.1. The van der Waals surface area contributed by atoms with Crippen LogP contribution in [-0.4, -0.2) is 4.98 Å². The van der Waals surface area contributed by atoms with Crippen molar-refractivity contribution >= 4 is 17.2 Å². The van der Waals surface area contributed by atoms with E-state index in [0.717, 1.165) is 11.3 Å². The Morgan fingerprint density at radius 1 is 1.19 bits per heavy atom. The van der Waals surface area contributed by atoms with E-state index < -0.39 is 0 Å². The van der Waals surface area contributed by atoms with Crippen LogP contribution in [0.3, 0.4) is 0 Å². The van der Waals surface area contributed by atoms with Gasteiger partial charge in [0.25, 0.3) is 0 Å². The van der Waals surface area contributed by atoms with Gasteiger partial charge in [0.15, 0.2) is 0 Å². The van der Waals surface area contributed by atoms with E-state index in [1.54, 1.807) is 18.3 Å². The summed E-state index contributed by atoms with van der Waals surface area (Å²) in [6.07, 6.45) is 1.60. The van der Waals surface area contributed by atoms with E-state index in [1.165, 1.54) is 12.1 Å². The summed E-state index contributed by atoms with van der Waals surface area (Å²) in [5.74, 6) is 0.169. The van der Waals surface area contributed by atoms with Gasteiger partial charge in [-0.3, -0.25) is 0 Å². The van der Waals surface area contributed by atoms with Gasteiger partial charge in [0.1, 0.15) is 11.6 Å². The van der Waals surface area contributed by atoms with Gasteiger partial charge in [-0.15, -0.1) is 0 Å². The lowest BCUT2D eigenvalue weighted by molar-refractivity contribution is 0.627. The Kier molecular flexibility index (Phi) is 2.72. The van der Waals surface area contributed by atoms with Gasteiger partial charge in [-0.2, -0.15) is 0 Å². The van der Waals surface area contributed by atoms with Crippen molar-refractivity contribution in [3.63, 3.8) is 0 Å². The minimum absolute atomic E-state index is 0.260. The summed E-state index contributed by atoms with van der Waals surface area (Å²) < 4.78 is 13.1. The third kappa shape index (κ3) is 2.48. The topological polar surface area (TPSA) is 50.9 Å². The van der Waals surface area contributed by atoms with Gasteiger partial charge in [0.05, 0.1) is 0 Å². The molecule has 0 amide bonds. The van der Waals surface area contributed by atoms with E-state index in [9.17, 15) is 4.39 Å². The molecule has 0 atom stereocenters. The highest BCUT2D eigenvalue weighted by Crippen LogP contribution is 2.19. The number of aryl methyl sites for hydroxylation is 1. The van der Waals surface area contributed by atoms with Crippen LogP contribution in [0, 0.1) is 12.7 Å². The Hall–Kier alpha value is -2.10. The number of pyridine rings is 1. The third-order valence-electron chi connectivity index (χ3n) is 2.11. The molecule has 0 aliphatic carbocycles. The van der Waals surface area contributed by atoms with Gasteiger partial charge in [-0.25, -0.2) is 9.37 Å². The van der Waals surface area contributed by atoms with Crippen molar-refractivity contribution in [3.05, 3.63) is 47.9 Å². The molecule has 82 valence electrons. The predicted molar refractivity (Wildman–Crippen MR) is 63.1 cm³/mol. The SMILES string of the molecule is Cc1cc(F)cc(Nc2ccnc(N)c2)c1. The average molecular weight is 217 g/mol. The standard InChI is InChI=1S/C12H12FN3/c1-8-4-9(13)6-11(5-8)16-10-2-3-15-12(14)7-10/h2-7H,1H3,(H3,14,15,16). The van der Waals surface area contributed by atoms with Crippen LogP contribution in [0.5, 0.6) is 0 Å². The van der Waals surface area contributed by atoms with Crippen LogP contribution in [0.4, 0.5) is 21.6 Å². The molecule has 0 radical (unpaired) electrons. The third-order valence-corrected chi connectivity index (χ3v) is 2.11. The predicted octanol–water partition coefficient (Wildman–Crippen LogP) is 2.85. The lowest BCUT2D eigenvalue weighted by Crippen LogP contribution is -1.95. The van der Waals surface area contributed by atoms with E-state index in [-0.39, 0.29) is 5.82 Å². The number of aromatic nitrogens is 1. The van der Waals surface area contributed by atoms with E-state index in [0.29, 0.717) is 11.5 Å². The molecule has 0 spiro atoms. The first-order chi connectivity index (χ1) is 7.63. The zero-order chi connectivity index (χ0) is 11.5. The first-order valence-electron chi connectivity index (χ1n) is 4.89. The molecular formula is C12H12FN3. The minimum Gasteiger partial charge on any atom is -0.384 e. The average Bonchev–Trinajstić information content (AvgIpc) is 2.15. The summed E-state index contributed by atoms with van der Waals surface area (Å²) in [4.78, 5) is 3.88. The Labute approximate surface area is 93.1 Å². The molecule has 0 aliphatic heterocycles. The summed E-state index contributed by atoms with van der Waals surface area (Å²) in [7, 11) is 0. The molecule has 1 heterocycles. The smallest absolute Gasteiger partial charge is 0.125 e. The molecule has 0 saturated carbocycles. The highest BCUT2D eigenvalue weighted by Gasteiger charge is 1.99. The normalized spacial score (nSPS) is 10.1. The minimum atomic E-state index is -0.260. The number of nitrogens with zero attached hydrogens (tertiary/aromatic N) is 1. The molecule has 3 nitrogen and oxygen atoms in total. The van der Waals surface area contributed by atoms with E-state index in [4.69, 9.17) is 5.73 Å². The highest BCUT2D eigenvalue weighted by molar-refractivity contribution is 5.62. The fourth-order valence-electron chi connectivity index (χ4n) is 1.50. The summed E-state index contributed by atoms with van der Waals surface area (Å²) >= 11 is 0. The number of benzene rings is 1. The number of anilines is 3. The van der Waals surface area contributed by atoms with Crippen LogP contribution < -0.4 is 11.1 Å². The van der Waals surface area contributed by atoms with Crippen LogP contribution in [0.2, 0.25) is 0 Å². The zero-order valence-electron chi connectivity index (χ0n) is 8.87. The van der Waals surface area contributed by atoms with Gasteiger partial charge in [-0.05, 0) is 36.8 Å². The summed E-state index contributed by atoms with van der Waals surface area (Å²) in [5, 5.41) is 3.07. The molecule has 2 rings (SSSR count). The first kappa shape index (κ1) is 10.4. The maximum absolute atomic E-state index is 13.1. The van der Waals surface area contributed by atoms with Gasteiger partial charge < -0.3 is 11.1 Å². The summed E-state index contributed by atoms with van der Waals surface area (Å²) in [6.45, 7) is 1.84. The molecule has 4 heteroatoms. The van der Waals surface area contributed by atoms with Crippen molar-refractivity contribution in [1.82, 2.24) is 4.98 Å². The van der Waals surface area contributed by atoms with Gasteiger partial charge in [0, 0.05) is 23.6 Å². The molecule has 0 bridgehead atoms. The molecule has 0 aliphatic rings. The lowest BCUT2D eigenvalue weighted by Gasteiger charge is -2.07. The Morgan fingerprint density at radius 3 is 2.69 bits per heavy atom. The summed E-state index contributed by atoms with van der Waals surface area (Å²) in [5.41, 5.74) is 7.90. The van der Waals surface area contributed by atoms with Crippen molar-refractivity contribution in [2.45, 2.75) is 6.92 Å². The van der Waals surface area contributed by atoms with E-state index >= 15 is 0 Å². The number of halogens is 1. The molecule has 3 N–H and O–H groups in total. The maximum Gasteiger partial charge on any atom is 0.125 e. The number of rotatable bonds is 2. The van der Waals surface area contributed by atoms with Crippen LogP contribution >= 0.6 is 0 Å². The van der Waals surface area contributed by atoms with Crippen molar-refractivity contribution in [2.75, 3.05) is 11.1 Å². The molecule has 0 fully saturated rings.